The van der Waals surface area contributed by atoms with E-state index in [0.29, 0.717) is 12.5 Å². The van der Waals surface area contributed by atoms with E-state index in [1.807, 2.05) is 43.3 Å². The first kappa shape index (κ1) is 55.6. The van der Waals surface area contributed by atoms with Gasteiger partial charge in [0.1, 0.15) is 5.78 Å². The molecule has 268 valence electrons. The molecule has 17 heteroatoms. The molecular weight excluding hydrogens is 708 g/mol. The zero-order chi connectivity index (χ0) is 36.6. The number of hydrogen-bond acceptors (Lipinski definition) is 14. The Hall–Kier alpha value is -3.76. The van der Waals surface area contributed by atoms with Crippen LogP contribution in [-0.4, -0.2) is 101 Å². The van der Waals surface area contributed by atoms with Crippen LogP contribution in [0.15, 0.2) is 60.7 Å². The van der Waals surface area contributed by atoms with Gasteiger partial charge in [0.05, 0.1) is 5.41 Å². The number of carbonyl (C=O) groups is 7. The zero-order valence-corrected chi connectivity index (χ0v) is 31.5. The van der Waals surface area contributed by atoms with E-state index >= 15 is 0 Å². The first-order chi connectivity index (χ1) is 21.9. The molecule has 14 nitrogen and oxygen atoms in total. The van der Waals surface area contributed by atoms with Gasteiger partial charge < -0.3 is 64.3 Å². The minimum absolute atomic E-state index is 0. The second-order valence-electron chi connectivity index (χ2n) is 10.2. The fourth-order valence-electron chi connectivity index (χ4n) is 3.82. The summed E-state index contributed by atoms with van der Waals surface area (Å²) in [5, 5.41) is 57.0. The van der Waals surface area contributed by atoms with Crippen molar-refractivity contribution < 1.29 is 64.2 Å². The molecule has 0 saturated heterocycles. The van der Waals surface area contributed by atoms with E-state index in [2.05, 4.69) is 50.2 Å². The maximum Gasteiger partial charge on any atom is 3.00 e. The Balaban J connectivity index is -0.000000208. The fraction of sp³-hybridized carbons (Fsp3) is 0.424. The van der Waals surface area contributed by atoms with Gasteiger partial charge in [-0.25, -0.2) is 0 Å². The van der Waals surface area contributed by atoms with Crippen molar-refractivity contribution in [3.8, 4) is 0 Å². The predicted octanol–water partition coefficient (Wildman–Crippen LogP) is -4.25. The van der Waals surface area contributed by atoms with Crippen LogP contribution in [-0.2, 0) is 39.0 Å². The van der Waals surface area contributed by atoms with Gasteiger partial charge in [-0.2, -0.15) is 0 Å². The summed E-state index contributed by atoms with van der Waals surface area (Å²) in [6.45, 7) is 4.15. The van der Waals surface area contributed by atoms with Crippen LogP contribution < -0.4 is 30.6 Å². The van der Waals surface area contributed by atoms with Crippen molar-refractivity contribution in [2.24, 2.45) is 0 Å². The van der Waals surface area contributed by atoms with Crippen LogP contribution in [0.5, 0.6) is 0 Å². The molecule has 2 aromatic rings. The summed E-state index contributed by atoms with van der Waals surface area (Å²) >= 11 is 0. The molecular formula is C33H40Al2ClNO13. The molecule has 2 aromatic carbocycles. The molecule has 0 saturated carbocycles. The minimum atomic E-state index is -1.37. The number of nitrogens with zero attached hydrogens (tertiary/aromatic N) is 1. The van der Waals surface area contributed by atoms with Gasteiger partial charge in [-0.3, -0.25) is 4.79 Å². The molecule has 0 amide bonds. The minimum Gasteiger partial charge on any atom is -0.550 e. The average Bonchev–Trinajstić information content (AvgIpc) is 3.02. The molecule has 0 radical (unpaired) electrons. The number of carboxylic acids is 6. The van der Waals surface area contributed by atoms with Crippen LogP contribution in [0.3, 0.4) is 0 Å². The van der Waals surface area contributed by atoms with E-state index in [-0.39, 0.29) is 52.9 Å². The van der Waals surface area contributed by atoms with Crippen LogP contribution >= 0.6 is 12.4 Å². The summed E-state index contributed by atoms with van der Waals surface area (Å²) in [6.07, 6.45) is -1.51. The molecule has 0 N–H and O–H groups in total. The number of carbonyl (C=O) groups excluding carboxylic acids is 7. The number of halogens is 1. The number of Topliss-reactive ketones (excluding diaryl/α,β-unsaturated/α-hetero) is 1. The van der Waals surface area contributed by atoms with Gasteiger partial charge in [-0.15, -0.1) is 12.4 Å². The Kier molecular flexibility index (Phi) is 34.8. The van der Waals surface area contributed by atoms with E-state index in [4.69, 9.17) is 0 Å². The number of hydrogen-bond donors (Lipinski definition) is 0. The summed E-state index contributed by atoms with van der Waals surface area (Å²) < 4.78 is 0. The molecule has 50 heavy (non-hydrogen) atoms. The van der Waals surface area contributed by atoms with Crippen LogP contribution in [0.1, 0.15) is 76.3 Å². The van der Waals surface area contributed by atoms with Crippen molar-refractivity contribution >= 4 is 88.7 Å². The number of aliphatic carboxylic acids is 6. The second kappa shape index (κ2) is 31.2. The summed E-state index contributed by atoms with van der Waals surface area (Å²) in [5.74, 6) is -7.92. The van der Waals surface area contributed by atoms with Crippen molar-refractivity contribution in [1.29, 1.82) is 0 Å². The second-order valence-corrected chi connectivity index (χ2v) is 10.2. The van der Waals surface area contributed by atoms with E-state index in [1.165, 1.54) is 0 Å². The maximum absolute atomic E-state index is 13.2. The molecule has 0 aromatic heterocycles. The van der Waals surface area contributed by atoms with Crippen LogP contribution in [0, 0.1) is 0 Å². The van der Waals surface area contributed by atoms with E-state index in [0.717, 1.165) is 17.5 Å². The first-order valence-electron chi connectivity index (χ1n) is 14.4. The van der Waals surface area contributed by atoms with Gasteiger partial charge >= 0.3 is 34.7 Å². The van der Waals surface area contributed by atoms with Gasteiger partial charge in [0.25, 0.3) is 0 Å². The molecule has 0 fully saturated rings. The van der Waals surface area contributed by atoms with Crippen molar-refractivity contribution in [3.05, 3.63) is 71.8 Å². The van der Waals surface area contributed by atoms with Crippen LogP contribution in [0.2, 0.25) is 0 Å². The number of carboxylic acid groups (broad SMARTS) is 6. The first-order valence-corrected chi connectivity index (χ1v) is 14.4. The summed E-state index contributed by atoms with van der Waals surface area (Å²) in [6, 6.07) is 20.7. The summed E-state index contributed by atoms with van der Waals surface area (Å²) in [7, 11) is 4.14. The zero-order valence-electron chi connectivity index (χ0n) is 28.3. The average molecular weight is 748 g/mol. The smallest absolute Gasteiger partial charge is 0.550 e. The third-order valence-electron chi connectivity index (χ3n) is 6.41. The van der Waals surface area contributed by atoms with Gasteiger partial charge in [-0.05, 0) is 77.1 Å². The third-order valence-corrected chi connectivity index (χ3v) is 6.41. The van der Waals surface area contributed by atoms with Gasteiger partial charge in [0.2, 0.25) is 0 Å². The molecule has 0 bridgehead atoms. The third kappa shape index (κ3) is 26.2. The van der Waals surface area contributed by atoms with Gasteiger partial charge in [0.15, 0.2) is 0 Å². The molecule has 0 aliphatic rings. The van der Waals surface area contributed by atoms with Crippen molar-refractivity contribution in [2.75, 3.05) is 14.1 Å². The Morgan fingerprint density at radius 3 is 0.980 bits per heavy atom. The Morgan fingerprint density at radius 1 is 0.560 bits per heavy atom. The summed E-state index contributed by atoms with van der Waals surface area (Å²) in [5.41, 5.74) is 1.60. The number of ketones is 1. The Labute approximate surface area is 319 Å². The fourth-order valence-corrected chi connectivity index (χ4v) is 3.82. The number of rotatable bonds is 16. The SMILES string of the molecule is CCC(=O)C(CC(C)N(C)C)(c1ccccc1)c1ccccc1.Cl.O=C([O-])CCC(=O)[O-].O=C([O-])CCC(=O)[O-].O=C([O-])CCC(=O)[O-].[Al+3].[Al+3]. The molecule has 0 heterocycles. The molecule has 0 spiro atoms. The van der Waals surface area contributed by atoms with E-state index in [1.54, 1.807) is 0 Å². The predicted molar refractivity (Wildman–Crippen MR) is 173 cm³/mol. The maximum atomic E-state index is 13.2. The van der Waals surface area contributed by atoms with Crippen LogP contribution in [0.4, 0.5) is 0 Å². The normalized spacial score (nSPS) is 10.1. The molecule has 0 aliphatic carbocycles. The summed E-state index contributed by atoms with van der Waals surface area (Å²) in [4.78, 5) is 72.4. The number of benzene rings is 2. The quantitative estimate of drug-likeness (QED) is 0.147. The van der Waals surface area contributed by atoms with Crippen molar-refractivity contribution in [3.63, 3.8) is 0 Å². The Morgan fingerprint density at radius 2 is 0.800 bits per heavy atom. The topological polar surface area (TPSA) is 261 Å². The monoisotopic (exact) mass is 747 g/mol. The largest absolute Gasteiger partial charge is 3.00 e. The van der Waals surface area contributed by atoms with Crippen molar-refractivity contribution in [2.45, 2.75) is 76.7 Å². The van der Waals surface area contributed by atoms with Gasteiger partial charge in [-0.1, -0.05) is 67.6 Å². The molecule has 1 unspecified atom stereocenters. The van der Waals surface area contributed by atoms with Gasteiger partial charge in [0, 0.05) is 48.3 Å². The van der Waals surface area contributed by atoms with E-state index in [9.17, 15) is 64.2 Å². The molecule has 2 rings (SSSR count). The van der Waals surface area contributed by atoms with E-state index < -0.39 is 79.8 Å². The molecule has 0 aliphatic heterocycles. The van der Waals surface area contributed by atoms with Crippen molar-refractivity contribution in [1.82, 2.24) is 4.90 Å². The standard InChI is InChI=1S/C21H27NO.3C4H6O4.2Al.ClH/c1-5-20(23)21(16-17(2)22(3)4,18-12-8-6-9-13-18)19-14-10-7-11-15-19;3*5-3(6)1-2-4(7)8;;;/h6-15,17H,5,16H2,1-4H3;3*1-2H2,(H,5,6)(H,7,8);;;1H/q;;;;2*+3;/p-6. The molecule has 1 atom stereocenters. The van der Waals surface area contributed by atoms with Crippen LogP contribution in [0.25, 0.3) is 0 Å². The Bertz CT molecular complexity index is 1150.